The van der Waals surface area contributed by atoms with Gasteiger partial charge < -0.3 is 9.73 Å². The number of hydrogen-bond acceptors (Lipinski definition) is 6. The average molecular weight is 362 g/mol. The predicted octanol–water partition coefficient (Wildman–Crippen LogP) is 3.29. The van der Waals surface area contributed by atoms with E-state index in [0.29, 0.717) is 11.8 Å². The lowest BCUT2D eigenvalue weighted by Crippen LogP contribution is -2.45. The van der Waals surface area contributed by atoms with E-state index in [0.717, 1.165) is 43.8 Å². The molecule has 0 bridgehead atoms. The highest BCUT2D eigenvalue weighted by Gasteiger charge is 2.27. The number of hydrogen-bond donors (Lipinski definition) is 1. The number of rotatable bonds is 6. The molecule has 1 aliphatic heterocycles. The first-order chi connectivity index (χ1) is 12.0. The van der Waals surface area contributed by atoms with E-state index in [-0.39, 0.29) is 18.0 Å². The second kappa shape index (κ2) is 8.10. The lowest BCUT2D eigenvalue weighted by atomic mass is 10.0. The van der Waals surface area contributed by atoms with Gasteiger partial charge >= 0.3 is 0 Å². The van der Waals surface area contributed by atoms with E-state index >= 15 is 0 Å². The van der Waals surface area contributed by atoms with E-state index in [9.17, 15) is 4.79 Å². The lowest BCUT2D eigenvalue weighted by Gasteiger charge is -2.34. The molecule has 1 atom stereocenters. The van der Waals surface area contributed by atoms with Crippen LogP contribution in [0.1, 0.15) is 61.8 Å². The molecule has 3 rings (SSSR count). The van der Waals surface area contributed by atoms with Gasteiger partial charge in [0.1, 0.15) is 0 Å². The van der Waals surface area contributed by atoms with Crippen LogP contribution in [0.5, 0.6) is 0 Å². The van der Waals surface area contributed by atoms with Crippen molar-refractivity contribution >= 4 is 17.2 Å². The minimum Gasteiger partial charge on any atom is -0.424 e. The minimum atomic E-state index is 0.0305. The van der Waals surface area contributed by atoms with Crippen LogP contribution < -0.4 is 5.32 Å². The lowest BCUT2D eigenvalue weighted by molar-refractivity contribution is 0.0884. The summed E-state index contributed by atoms with van der Waals surface area (Å²) in [5.74, 6) is 1.94. The summed E-state index contributed by atoms with van der Waals surface area (Å²) in [4.78, 5) is 14.5. The van der Waals surface area contributed by atoms with Crippen molar-refractivity contribution < 1.29 is 9.21 Å². The van der Waals surface area contributed by atoms with Crippen molar-refractivity contribution in [2.24, 2.45) is 5.92 Å². The number of carbonyl (C=O) groups excluding carboxylic acids is 1. The van der Waals surface area contributed by atoms with Gasteiger partial charge in [-0.3, -0.25) is 9.69 Å². The van der Waals surface area contributed by atoms with Crippen molar-refractivity contribution in [1.29, 1.82) is 0 Å². The molecule has 3 heterocycles. The van der Waals surface area contributed by atoms with Crippen LogP contribution in [0.2, 0.25) is 0 Å². The molecule has 0 aromatic carbocycles. The molecule has 136 valence electrons. The molecular formula is C18H26N4O2S. The molecule has 2 aromatic heterocycles. The van der Waals surface area contributed by atoms with Gasteiger partial charge in [0.2, 0.25) is 11.8 Å². The first-order valence-corrected chi connectivity index (χ1v) is 9.86. The zero-order valence-corrected chi connectivity index (χ0v) is 15.9. The van der Waals surface area contributed by atoms with Crippen LogP contribution in [0.4, 0.5) is 0 Å². The number of aromatic nitrogens is 2. The number of likely N-dealkylation sites (tertiary alicyclic amines) is 1. The van der Waals surface area contributed by atoms with Crippen LogP contribution in [0.25, 0.3) is 0 Å². The Bertz CT molecular complexity index is 675. The van der Waals surface area contributed by atoms with Crippen molar-refractivity contribution in [3.63, 3.8) is 0 Å². The maximum atomic E-state index is 12.2. The monoisotopic (exact) mass is 362 g/mol. The largest absolute Gasteiger partial charge is 0.424 e. The van der Waals surface area contributed by atoms with E-state index < -0.39 is 0 Å². The molecule has 1 fully saturated rings. The fourth-order valence-electron chi connectivity index (χ4n) is 3.12. The van der Waals surface area contributed by atoms with E-state index in [1.165, 1.54) is 0 Å². The van der Waals surface area contributed by atoms with Gasteiger partial charge in [0.15, 0.2) is 0 Å². The molecule has 0 aliphatic carbocycles. The molecule has 7 heteroatoms. The first-order valence-electron chi connectivity index (χ1n) is 8.92. The van der Waals surface area contributed by atoms with Crippen LogP contribution in [-0.2, 0) is 6.42 Å². The standard InChI is InChI=1S/C18H26N4O2S/c1-12(2)10-16-20-21-18(24-16)13(3)22-7-4-15(5-8-22)19-17(23)14-6-9-25-11-14/h6,9,11-13,15H,4-5,7-8,10H2,1-3H3,(H,19,23)/t13-/m0/s1. The Labute approximate surface area is 152 Å². The molecule has 0 unspecified atom stereocenters. The Morgan fingerprint density at radius 3 is 2.76 bits per heavy atom. The third-order valence-electron chi connectivity index (χ3n) is 4.62. The topological polar surface area (TPSA) is 71.3 Å². The number of nitrogens with one attached hydrogen (secondary N) is 1. The normalized spacial score (nSPS) is 17.8. The number of carbonyl (C=O) groups is 1. The number of amides is 1. The summed E-state index contributed by atoms with van der Waals surface area (Å²) in [6.07, 6.45) is 2.69. The molecule has 0 radical (unpaired) electrons. The van der Waals surface area contributed by atoms with Gasteiger partial charge in [-0.15, -0.1) is 10.2 Å². The number of thiophene rings is 1. The second-order valence-corrected chi connectivity index (χ2v) is 7.88. The maximum Gasteiger partial charge on any atom is 0.252 e. The van der Waals surface area contributed by atoms with E-state index in [2.05, 4.69) is 41.2 Å². The molecule has 0 spiro atoms. The zero-order chi connectivity index (χ0) is 17.8. The SMILES string of the molecule is CC(C)Cc1nnc([C@H](C)N2CCC(NC(=O)c3ccsc3)CC2)o1. The van der Waals surface area contributed by atoms with Crippen LogP contribution in [0.3, 0.4) is 0 Å². The Balaban J connectivity index is 1.49. The summed E-state index contributed by atoms with van der Waals surface area (Å²) in [7, 11) is 0. The Hall–Kier alpha value is -1.73. The summed E-state index contributed by atoms with van der Waals surface area (Å²) in [6.45, 7) is 8.22. The van der Waals surface area contributed by atoms with Crippen molar-refractivity contribution in [2.45, 2.75) is 52.1 Å². The summed E-state index contributed by atoms with van der Waals surface area (Å²) in [5, 5.41) is 15.3. The smallest absolute Gasteiger partial charge is 0.252 e. The fourth-order valence-corrected chi connectivity index (χ4v) is 3.75. The Morgan fingerprint density at radius 1 is 1.36 bits per heavy atom. The average Bonchev–Trinajstić information content (AvgIpc) is 3.26. The molecular weight excluding hydrogens is 336 g/mol. The van der Waals surface area contributed by atoms with Gasteiger partial charge in [-0.25, -0.2) is 0 Å². The number of piperidine rings is 1. The Kier molecular flexibility index (Phi) is 5.86. The highest BCUT2D eigenvalue weighted by atomic mass is 32.1. The molecule has 0 saturated carbocycles. The van der Waals surface area contributed by atoms with E-state index in [1.807, 2.05) is 16.8 Å². The van der Waals surface area contributed by atoms with Gasteiger partial charge in [-0.2, -0.15) is 11.3 Å². The zero-order valence-electron chi connectivity index (χ0n) is 15.1. The minimum absolute atomic E-state index is 0.0305. The van der Waals surface area contributed by atoms with Gasteiger partial charge in [0.05, 0.1) is 6.04 Å². The predicted molar refractivity (Wildman–Crippen MR) is 97.6 cm³/mol. The quantitative estimate of drug-likeness (QED) is 0.854. The van der Waals surface area contributed by atoms with Gasteiger partial charge in [0, 0.05) is 36.5 Å². The van der Waals surface area contributed by atoms with Gasteiger partial charge in [-0.05, 0) is 37.1 Å². The van der Waals surface area contributed by atoms with Crippen molar-refractivity contribution in [2.75, 3.05) is 13.1 Å². The summed E-state index contributed by atoms with van der Waals surface area (Å²) in [6, 6.07) is 2.21. The van der Waals surface area contributed by atoms with Crippen LogP contribution in [0, 0.1) is 5.92 Å². The first kappa shape index (κ1) is 18.1. The molecule has 2 aromatic rings. The third-order valence-corrected chi connectivity index (χ3v) is 5.30. The van der Waals surface area contributed by atoms with Gasteiger partial charge in [0.25, 0.3) is 5.91 Å². The summed E-state index contributed by atoms with van der Waals surface area (Å²) in [5.41, 5.74) is 0.754. The van der Waals surface area contributed by atoms with Crippen LogP contribution in [0.15, 0.2) is 21.2 Å². The van der Waals surface area contributed by atoms with Crippen LogP contribution >= 0.6 is 11.3 Å². The van der Waals surface area contributed by atoms with Crippen molar-refractivity contribution in [1.82, 2.24) is 20.4 Å². The van der Waals surface area contributed by atoms with Gasteiger partial charge in [-0.1, -0.05) is 13.8 Å². The molecule has 6 nitrogen and oxygen atoms in total. The second-order valence-electron chi connectivity index (χ2n) is 7.10. The molecule has 1 N–H and O–H groups in total. The molecule has 1 amide bonds. The van der Waals surface area contributed by atoms with E-state index in [1.54, 1.807) is 11.3 Å². The molecule has 1 saturated heterocycles. The summed E-state index contributed by atoms with van der Waals surface area (Å²) >= 11 is 1.54. The molecule has 25 heavy (non-hydrogen) atoms. The van der Waals surface area contributed by atoms with Crippen molar-refractivity contribution in [3.8, 4) is 0 Å². The van der Waals surface area contributed by atoms with E-state index in [4.69, 9.17) is 4.42 Å². The molecule has 1 aliphatic rings. The summed E-state index contributed by atoms with van der Waals surface area (Å²) < 4.78 is 5.82. The highest BCUT2D eigenvalue weighted by molar-refractivity contribution is 7.08. The Morgan fingerprint density at radius 2 is 2.12 bits per heavy atom. The highest BCUT2D eigenvalue weighted by Crippen LogP contribution is 2.24. The third kappa shape index (κ3) is 4.67. The van der Waals surface area contributed by atoms with Crippen molar-refractivity contribution in [3.05, 3.63) is 34.2 Å². The number of nitrogens with zero attached hydrogens (tertiary/aromatic N) is 3. The van der Waals surface area contributed by atoms with Crippen LogP contribution in [-0.4, -0.2) is 40.1 Å². The maximum absolute atomic E-state index is 12.2. The fraction of sp³-hybridized carbons (Fsp3) is 0.611.